The Bertz CT molecular complexity index is 817. The van der Waals surface area contributed by atoms with Crippen LogP contribution < -0.4 is 5.32 Å². The molecule has 22 heavy (non-hydrogen) atoms. The molecule has 3 rings (SSSR count). The number of hydrogen-bond acceptors (Lipinski definition) is 3. The van der Waals surface area contributed by atoms with E-state index in [0.29, 0.717) is 5.69 Å². The van der Waals surface area contributed by atoms with Crippen molar-refractivity contribution in [1.29, 1.82) is 0 Å². The number of nitrogens with one attached hydrogen (secondary N) is 1. The maximum Gasteiger partial charge on any atom is 0.277 e. The van der Waals surface area contributed by atoms with E-state index in [1.807, 2.05) is 18.2 Å². The fourth-order valence-corrected chi connectivity index (χ4v) is 1.82. The zero-order chi connectivity index (χ0) is 15.5. The van der Waals surface area contributed by atoms with Crippen LogP contribution in [0.25, 0.3) is 5.69 Å². The number of amides is 1. The smallest absolute Gasteiger partial charge is 0.277 e. The molecule has 0 radical (unpaired) electrons. The van der Waals surface area contributed by atoms with Gasteiger partial charge in [0.1, 0.15) is 0 Å². The third kappa shape index (κ3) is 2.83. The summed E-state index contributed by atoms with van der Waals surface area (Å²) in [5.74, 6) is -2.58. The molecule has 110 valence electrons. The van der Waals surface area contributed by atoms with Gasteiger partial charge in [-0.2, -0.15) is 9.90 Å². The van der Waals surface area contributed by atoms with Crippen LogP contribution in [0.2, 0.25) is 0 Å². The minimum Gasteiger partial charge on any atom is -0.320 e. The number of para-hydroxylation sites is 1. The van der Waals surface area contributed by atoms with E-state index in [9.17, 15) is 13.6 Å². The molecule has 1 heterocycles. The molecule has 2 aromatic carbocycles. The van der Waals surface area contributed by atoms with Gasteiger partial charge in [0.2, 0.25) is 0 Å². The van der Waals surface area contributed by atoms with Crippen LogP contribution in [0.4, 0.5) is 14.5 Å². The maximum absolute atomic E-state index is 13.1. The van der Waals surface area contributed by atoms with Crippen LogP contribution in [0.15, 0.2) is 54.7 Å². The normalized spacial score (nSPS) is 10.5. The summed E-state index contributed by atoms with van der Waals surface area (Å²) in [5.41, 5.74) is 0.904. The van der Waals surface area contributed by atoms with Crippen LogP contribution in [-0.4, -0.2) is 20.9 Å². The lowest BCUT2D eigenvalue weighted by Crippen LogP contribution is -2.13. The lowest BCUT2D eigenvalue weighted by atomic mass is 10.3. The largest absolute Gasteiger partial charge is 0.320 e. The Morgan fingerprint density at radius 1 is 1.05 bits per heavy atom. The first-order valence-corrected chi connectivity index (χ1v) is 6.37. The van der Waals surface area contributed by atoms with Crippen LogP contribution in [0.3, 0.4) is 0 Å². The monoisotopic (exact) mass is 300 g/mol. The van der Waals surface area contributed by atoms with Crippen molar-refractivity contribution in [3.63, 3.8) is 0 Å². The highest BCUT2D eigenvalue weighted by Crippen LogP contribution is 2.14. The Balaban J connectivity index is 1.78. The van der Waals surface area contributed by atoms with Gasteiger partial charge in [0.05, 0.1) is 11.9 Å². The molecule has 5 nitrogen and oxygen atoms in total. The predicted octanol–water partition coefficient (Wildman–Crippen LogP) is 2.80. The van der Waals surface area contributed by atoms with Gasteiger partial charge in [-0.25, -0.2) is 8.78 Å². The van der Waals surface area contributed by atoms with Gasteiger partial charge in [0.15, 0.2) is 17.3 Å². The van der Waals surface area contributed by atoms with Crippen molar-refractivity contribution in [2.75, 3.05) is 5.32 Å². The first kappa shape index (κ1) is 13.9. The topological polar surface area (TPSA) is 59.8 Å². The molecule has 0 bridgehead atoms. The highest BCUT2D eigenvalue weighted by Gasteiger charge is 2.12. The van der Waals surface area contributed by atoms with E-state index in [-0.39, 0.29) is 11.4 Å². The number of benzene rings is 2. The molecule has 0 aliphatic heterocycles. The zero-order valence-electron chi connectivity index (χ0n) is 11.2. The second-order valence-corrected chi connectivity index (χ2v) is 4.44. The second kappa shape index (κ2) is 5.72. The quantitative estimate of drug-likeness (QED) is 0.809. The Labute approximate surface area is 124 Å². The lowest BCUT2D eigenvalue weighted by Gasteiger charge is -2.03. The molecule has 3 aromatic rings. The van der Waals surface area contributed by atoms with Gasteiger partial charge in [0.25, 0.3) is 5.91 Å². The summed E-state index contributed by atoms with van der Waals surface area (Å²) in [5, 5.41) is 10.5. The molecule has 1 N–H and O–H groups in total. The van der Waals surface area contributed by atoms with Crippen LogP contribution in [0.1, 0.15) is 10.5 Å². The SMILES string of the molecule is O=C(Nc1ccc(F)c(F)c1)c1cnn(-c2ccccc2)n1. The molecule has 0 unspecified atom stereocenters. The average molecular weight is 300 g/mol. The van der Waals surface area contributed by atoms with Crippen molar-refractivity contribution in [2.24, 2.45) is 0 Å². The number of hydrogen-bond donors (Lipinski definition) is 1. The van der Waals surface area contributed by atoms with Crippen molar-refractivity contribution < 1.29 is 13.6 Å². The van der Waals surface area contributed by atoms with Crippen LogP contribution in [0, 0.1) is 11.6 Å². The third-order valence-corrected chi connectivity index (χ3v) is 2.89. The number of carbonyl (C=O) groups is 1. The van der Waals surface area contributed by atoms with E-state index in [4.69, 9.17) is 0 Å². The van der Waals surface area contributed by atoms with Crippen LogP contribution in [-0.2, 0) is 0 Å². The molecular weight excluding hydrogens is 290 g/mol. The van der Waals surface area contributed by atoms with Crippen molar-refractivity contribution in [3.8, 4) is 5.69 Å². The molecule has 0 fully saturated rings. The Morgan fingerprint density at radius 3 is 2.55 bits per heavy atom. The van der Waals surface area contributed by atoms with Crippen molar-refractivity contribution in [3.05, 3.63) is 72.1 Å². The number of rotatable bonds is 3. The van der Waals surface area contributed by atoms with E-state index < -0.39 is 17.5 Å². The molecular formula is C15H10F2N4O. The molecule has 0 spiro atoms. The van der Waals surface area contributed by atoms with E-state index in [2.05, 4.69) is 15.5 Å². The van der Waals surface area contributed by atoms with Gasteiger partial charge in [-0.3, -0.25) is 4.79 Å². The summed E-state index contributed by atoms with van der Waals surface area (Å²) < 4.78 is 25.9. The van der Waals surface area contributed by atoms with E-state index in [0.717, 1.165) is 12.1 Å². The first-order chi connectivity index (χ1) is 10.6. The van der Waals surface area contributed by atoms with Crippen molar-refractivity contribution in [1.82, 2.24) is 15.0 Å². The Hall–Kier alpha value is -3.09. The predicted molar refractivity (Wildman–Crippen MR) is 75.7 cm³/mol. The van der Waals surface area contributed by atoms with Crippen molar-refractivity contribution >= 4 is 11.6 Å². The summed E-state index contributed by atoms with van der Waals surface area (Å²) >= 11 is 0. The van der Waals surface area contributed by atoms with Gasteiger partial charge in [-0.05, 0) is 24.3 Å². The number of aromatic nitrogens is 3. The van der Waals surface area contributed by atoms with E-state index in [1.165, 1.54) is 17.1 Å². The maximum atomic E-state index is 13.1. The van der Waals surface area contributed by atoms with E-state index in [1.54, 1.807) is 12.1 Å². The molecule has 0 saturated carbocycles. The summed E-state index contributed by atoms with van der Waals surface area (Å²) in [7, 11) is 0. The average Bonchev–Trinajstić information content (AvgIpc) is 3.02. The van der Waals surface area contributed by atoms with Crippen molar-refractivity contribution in [2.45, 2.75) is 0 Å². The number of anilines is 1. The summed E-state index contributed by atoms with van der Waals surface area (Å²) in [4.78, 5) is 13.3. The summed E-state index contributed by atoms with van der Waals surface area (Å²) in [6.45, 7) is 0. The number of nitrogens with zero attached hydrogens (tertiary/aromatic N) is 3. The van der Waals surface area contributed by atoms with Gasteiger partial charge >= 0.3 is 0 Å². The molecule has 0 atom stereocenters. The fraction of sp³-hybridized carbons (Fsp3) is 0. The van der Waals surface area contributed by atoms with Gasteiger partial charge in [0, 0.05) is 11.8 Å². The number of carbonyl (C=O) groups excluding carboxylic acids is 1. The highest BCUT2D eigenvalue weighted by atomic mass is 19.2. The minimum absolute atomic E-state index is 0.0635. The standard InChI is InChI=1S/C15H10F2N4O/c16-12-7-6-10(8-13(12)17)19-15(22)14-9-18-21(20-14)11-4-2-1-3-5-11/h1-9H,(H,19,22). The van der Waals surface area contributed by atoms with Gasteiger partial charge < -0.3 is 5.32 Å². The molecule has 1 aromatic heterocycles. The van der Waals surface area contributed by atoms with Crippen LogP contribution >= 0.6 is 0 Å². The first-order valence-electron chi connectivity index (χ1n) is 6.37. The highest BCUT2D eigenvalue weighted by molar-refractivity contribution is 6.02. The summed E-state index contributed by atoms with van der Waals surface area (Å²) in [6, 6.07) is 12.2. The second-order valence-electron chi connectivity index (χ2n) is 4.44. The molecule has 1 amide bonds. The summed E-state index contributed by atoms with van der Waals surface area (Å²) in [6.07, 6.45) is 1.29. The molecule has 0 aliphatic carbocycles. The van der Waals surface area contributed by atoms with E-state index >= 15 is 0 Å². The molecule has 0 aliphatic rings. The zero-order valence-corrected chi connectivity index (χ0v) is 11.2. The molecule has 7 heteroatoms. The minimum atomic E-state index is -1.04. The Morgan fingerprint density at radius 2 is 1.82 bits per heavy atom. The van der Waals surface area contributed by atoms with Gasteiger partial charge in [-0.15, -0.1) is 5.10 Å². The molecule has 0 saturated heterocycles. The van der Waals surface area contributed by atoms with Crippen LogP contribution in [0.5, 0.6) is 0 Å². The lowest BCUT2D eigenvalue weighted by molar-refractivity contribution is 0.102. The van der Waals surface area contributed by atoms with Gasteiger partial charge in [-0.1, -0.05) is 18.2 Å². The third-order valence-electron chi connectivity index (χ3n) is 2.89. The Kier molecular flexibility index (Phi) is 3.61. The number of halogens is 2. The fourth-order valence-electron chi connectivity index (χ4n) is 1.82.